The van der Waals surface area contributed by atoms with Crippen molar-refractivity contribution in [3.8, 4) is 0 Å². The second kappa shape index (κ2) is 7.55. The van der Waals surface area contributed by atoms with Crippen LogP contribution in [0.2, 0.25) is 0 Å². The predicted octanol–water partition coefficient (Wildman–Crippen LogP) is 3.36. The van der Waals surface area contributed by atoms with E-state index >= 15 is 0 Å². The van der Waals surface area contributed by atoms with Crippen LogP contribution in [0.15, 0.2) is 18.2 Å². The Kier molecular flexibility index (Phi) is 6.37. The summed E-state index contributed by atoms with van der Waals surface area (Å²) in [6.07, 6.45) is 2.21. The molecule has 0 fully saturated rings. The highest BCUT2D eigenvalue weighted by Crippen LogP contribution is 2.18. The Balaban J connectivity index is 2.40. The van der Waals surface area contributed by atoms with Gasteiger partial charge < -0.3 is 10.4 Å². The molecular formula is C16H27NO. The molecule has 2 unspecified atom stereocenters. The van der Waals surface area contributed by atoms with Crippen LogP contribution in [0.5, 0.6) is 0 Å². The summed E-state index contributed by atoms with van der Waals surface area (Å²) in [5, 5.41) is 12.5. The van der Waals surface area contributed by atoms with E-state index < -0.39 is 0 Å². The fourth-order valence-corrected chi connectivity index (χ4v) is 2.20. The lowest BCUT2D eigenvalue weighted by Gasteiger charge is -2.18. The monoisotopic (exact) mass is 249 g/mol. The average molecular weight is 249 g/mol. The van der Waals surface area contributed by atoms with E-state index in [1.54, 1.807) is 0 Å². The van der Waals surface area contributed by atoms with Crippen LogP contribution >= 0.6 is 0 Å². The first-order valence-electron chi connectivity index (χ1n) is 6.96. The predicted molar refractivity (Wildman–Crippen MR) is 77.8 cm³/mol. The minimum absolute atomic E-state index is 0.298. The second-order valence-corrected chi connectivity index (χ2v) is 5.47. The van der Waals surface area contributed by atoms with Crippen LogP contribution in [-0.4, -0.2) is 18.3 Å². The Bertz CT molecular complexity index is 362. The van der Waals surface area contributed by atoms with Crippen molar-refractivity contribution in [3.63, 3.8) is 0 Å². The van der Waals surface area contributed by atoms with Crippen molar-refractivity contribution >= 4 is 0 Å². The molecule has 102 valence electrons. The van der Waals surface area contributed by atoms with E-state index in [-0.39, 0.29) is 0 Å². The minimum atomic E-state index is 0.298. The minimum Gasteiger partial charge on any atom is -0.396 e. The standard InChI is InChI=1S/C16H27NO/c1-12-7-8-14(3)16(10-12)15(4)17-9-5-6-13(2)11-18/h7-8,10,13,15,17-18H,5-6,9,11H2,1-4H3. The number of hydrogen-bond acceptors (Lipinski definition) is 2. The number of nitrogens with one attached hydrogen (secondary N) is 1. The zero-order valence-electron chi connectivity index (χ0n) is 12.2. The van der Waals surface area contributed by atoms with E-state index in [1.165, 1.54) is 16.7 Å². The summed E-state index contributed by atoms with van der Waals surface area (Å²) in [4.78, 5) is 0. The summed E-state index contributed by atoms with van der Waals surface area (Å²) >= 11 is 0. The van der Waals surface area contributed by atoms with Crippen LogP contribution < -0.4 is 5.32 Å². The van der Waals surface area contributed by atoms with E-state index in [2.05, 4.69) is 51.2 Å². The van der Waals surface area contributed by atoms with Gasteiger partial charge in [0.2, 0.25) is 0 Å². The zero-order valence-corrected chi connectivity index (χ0v) is 12.2. The van der Waals surface area contributed by atoms with Gasteiger partial charge in [0, 0.05) is 12.6 Å². The molecular weight excluding hydrogens is 222 g/mol. The molecule has 2 N–H and O–H groups in total. The van der Waals surface area contributed by atoms with Crippen molar-refractivity contribution in [2.24, 2.45) is 5.92 Å². The van der Waals surface area contributed by atoms with E-state index in [1.807, 2.05) is 0 Å². The fourth-order valence-electron chi connectivity index (χ4n) is 2.20. The number of aliphatic hydroxyl groups excluding tert-OH is 1. The van der Waals surface area contributed by atoms with Gasteiger partial charge in [-0.15, -0.1) is 0 Å². The molecule has 2 nitrogen and oxygen atoms in total. The third-order valence-electron chi connectivity index (χ3n) is 3.54. The third-order valence-corrected chi connectivity index (χ3v) is 3.54. The molecule has 0 aliphatic heterocycles. The summed E-state index contributed by atoms with van der Waals surface area (Å²) in [6, 6.07) is 7.02. The lowest BCUT2D eigenvalue weighted by atomic mass is 9.99. The van der Waals surface area contributed by atoms with Gasteiger partial charge in [-0.3, -0.25) is 0 Å². The average Bonchev–Trinajstić information content (AvgIpc) is 2.36. The molecule has 1 aromatic rings. The molecule has 0 aromatic heterocycles. The summed E-state index contributed by atoms with van der Waals surface area (Å²) in [6.45, 7) is 9.93. The smallest absolute Gasteiger partial charge is 0.0456 e. The van der Waals surface area contributed by atoms with Gasteiger partial charge in [0.25, 0.3) is 0 Å². The van der Waals surface area contributed by atoms with E-state index in [0.717, 1.165) is 19.4 Å². The SMILES string of the molecule is Cc1ccc(C)c(C(C)NCCCC(C)CO)c1. The zero-order chi connectivity index (χ0) is 13.5. The number of hydrogen-bond donors (Lipinski definition) is 2. The Morgan fingerprint density at radius 2 is 1.94 bits per heavy atom. The fraction of sp³-hybridized carbons (Fsp3) is 0.625. The maximum atomic E-state index is 8.97. The summed E-state index contributed by atoms with van der Waals surface area (Å²) in [7, 11) is 0. The summed E-state index contributed by atoms with van der Waals surface area (Å²) in [5.74, 6) is 0.419. The first-order valence-corrected chi connectivity index (χ1v) is 6.96. The molecule has 0 saturated carbocycles. The molecule has 0 aliphatic carbocycles. The van der Waals surface area contributed by atoms with Crippen molar-refractivity contribution in [1.29, 1.82) is 0 Å². The maximum absolute atomic E-state index is 8.97. The number of benzene rings is 1. The molecule has 1 aromatic carbocycles. The van der Waals surface area contributed by atoms with Crippen molar-refractivity contribution in [1.82, 2.24) is 5.32 Å². The van der Waals surface area contributed by atoms with Crippen LogP contribution in [0, 0.1) is 19.8 Å². The van der Waals surface area contributed by atoms with Crippen LogP contribution in [-0.2, 0) is 0 Å². The second-order valence-electron chi connectivity index (χ2n) is 5.47. The normalized spacial score (nSPS) is 14.5. The number of aryl methyl sites for hydroxylation is 2. The molecule has 0 radical (unpaired) electrons. The highest BCUT2D eigenvalue weighted by Gasteiger charge is 2.08. The topological polar surface area (TPSA) is 32.3 Å². The molecule has 0 aliphatic rings. The highest BCUT2D eigenvalue weighted by atomic mass is 16.3. The molecule has 0 bridgehead atoms. The summed E-state index contributed by atoms with van der Waals surface area (Å²) in [5.41, 5.74) is 4.06. The van der Waals surface area contributed by atoms with Crippen molar-refractivity contribution in [2.75, 3.05) is 13.2 Å². The molecule has 2 heteroatoms. The van der Waals surface area contributed by atoms with Gasteiger partial charge >= 0.3 is 0 Å². The molecule has 0 amide bonds. The van der Waals surface area contributed by atoms with E-state index in [0.29, 0.717) is 18.6 Å². The third kappa shape index (κ3) is 4.79. The maximum Gasteiger partial charge on any atom is 0.0456 e. The van der Waals surface area contributed by atoms with Gasteiger partial charge in [-0.2, -0.15) is 0 Å². The van der Waals surface area contributed by atoms with Gasteiger partial charge in [-0.25, -0.2) is 0 Å². The lowest BCUT2D eigenvalue weighted by Crippen LogP contribution is -2.21. The van der Waals surface area contributed by atoms with Gasteiger partial charge in [-0.05, 0) is 57.2 Å². The van der Waals surface area contributed by atoms with Gasteiger partial charge in [0.05, 0.1) is 0 Å². The van der Waals surface area contributed by atoms with Gasteiger partial charge in [-0.1, -0.05) is 30.7 Å². The van der Waals surface area contributed by atoms with Crippen molar-refractivity contribution in [2.45, 2.75) is 46.6 Å². The Morgan fingerprint density at radius 1 is 1.22 bits per heavy atom. The van der Waals surface area contributed by atoms with Crippen LogP contribution in [0.4, 0.5) is 0 Å². The quantitative estimate of drug-likeness (QED) is 0.726. The van der Waals surface area contributed by atoms with E-state index in [4.69, 9.17) is 5.11 Å². The molecule has 1 rings (SSSR count). The number of aliphatic hydroxyl groups is 1. The van der Waals surface area contributed by atoms with Crippen LogP contribution in [0.1, 0.15) is 49.4 Å². The molecule has 0 spiro atoms. The first kappa shape index (κ1) is 15.2. The molecule has 2 atom stereocenters. The van der Waals surface area contributed by atoms with Crippen LogP contribution in [0.3, 0.4) is 0 Å². The number of rotatable bonds is 7. The Hall–Kier alpha value is -0.860. The Morgan fingerprint density at radius 3 is 2.61 bits per heavy atom. The summed E-state index contributed by atoms with van der Waals surface area (Å²) < 4.78 is 0. The lowest BCUT2D eigenvalue weighted by molar-refractivity contribution is 0.227. The van der Waals surface area contributed by atoms with Crippen LogP contribution in [0.25, 0.3) is 0 Å². The van der Waals surface area contributed by atoms with Crippen molar-refractivity contribution in [3.05, 3.63) is 34.9 Å². The molecule has 0 saturated heterocycles. The largest absolute Gasteiger partial charge is 0.396 e. The molecule has 0 heterocycles. The van der Waals surface area contributed by atoms with Crippen molar-refractivity contribution < 1.29 is 5.11 Å². The first-order chi connectivity index (χ1) is 8.54. The van der Waals surface area contributed by atoms with E-state index in [9.17, 15) is 0 Å². The van der Waals surface area contributed by atoms with Gasteiger partial charge in [0.1, 0.15) is 0 Å². The molecule has 18 heavy (non-hydrogen) atoms. The van der Waals surface area contributed by atoms with Gasteiger partial charge in [0.15, 0.2) is 0 Å². The highest BCUT2D eigenvalue weighted by molar-refractivity contribution is 5.32. The Labute approximate surface area is 111 Å².